The predicted octanol–water partition coefficient (Wildman–Crippen LogP) is 2.83. The number of aryl methyl sites for hydroxylation is 2. The van der Waals surface area contributed by atoms with Gasteiger partial charge < -0.3 is 10.6 Å². The molecule has 1 aromatic carbocycles. The van der Waals surface area contributed by atoms with Crippen molar-refractivity contribution in [2.45, 2.75) is 51.0 Å². The van der Waals surface area contributed by atoms with Gasteiger partial charge in [0.05, 0.1) is 10.7 Å². The van der Waals surface area contributed by atoms with Crippen molar-refractivity contribution in [2.75, 3.05) is 5.32 Å². The Kier molecular flexibility index (Phi) is 4.53. The van der Waals surface area contributed by atoms with E-state index < -0.39 is 6.04 Å². The molecule has 1 aliphatic carbocycles. The molecule has 1 aromatic heterocycles. The molecular formula is C19H21N3O2S. The number of carbonyl (C=O) groups is 2. The van der Waals surface area contributed by atoms with E-state index in [2.05, 4.69) is 10.6 Å². The van der Waals surface area contributed by atoms with Crippen molar-refractivity contribution in [3.8, 4) is 0 Å². The van der Waals surface area contributed by atoms with Gasteiger partial charge in [-0.05, 0) is 49.8 Å². The van der Waals surface area contributed by atoms with Crippen LogP contribution in [0.5, 0.6) is 0 Å². The quantitative estimate of drug-likeness (QED) is 0.886. The largest absolute Gasteiger partial charge is 0.344 e. The summed E-state index contributed by atoms with van der Waals surface area (Å²) in [7, 11) is 0. The van der Waals surface area contributed by atoms with Crippen molar-refractivity contribution in [1.29, 1.82) is 0 Å². The Hall–Kier alpha value is -2.21. The normalized spacial score (nSPS) is 19.4. The summed E-state index contributed by atoms with van der Waals surface area (Å²) in [6.07, 6.45) is 6.66. The summed E-state index contributed by atoms with van der Waals surface area (Å²) >= 11 is 1.84. The molecule has 1 atom stereocenters. The topological polar surface area (TPSA) is 71.1 Å². The first-order valence-corrected chi connectivity index (χ1v) is 9.65. The van der Waals surface area contributed by atoms with Gasteiger partial charge in [0.15, 0.2) is 0 Å². The number of hydrogen-bond acceptors (Lipinski definition) is 4. The van der Waals surface area contributed by atoms with Gasteiger partial charge in [-0.1, -0.05) is 12.1 Å². The molecule has 1 fully saturated rings. The molecule has 130 valence electrons. The van der Waals surface area contributed by atoms with Crippen LogP contribution < -0.4 is 10.6 Å². The first-order valence-electron chi connectivity index (χ1n) is 8.84. The number of benzene rings is 1. The van der Waals surface area contributed by atoms with Gasteiger partial charge in [0.25, 0.3) is 0 Å². The van der Waals surface area contributed by atoms with E-state index >= 15 is 0 Å². The minimum Gasteiger partial charge on any atom is -0.344 e. The van der Waals surface area contributed by atoms with Crippen LogP contribution in [-0.4, -0.2) is 22.8 Å². The third-order valence-corrected chi connectivity index (χ3v) is 5.94. The van der Waals surface area contributed by atoms with Crippen molar-refractivity contribution in [2.24, 2.45) is 0 Å². The molecule has 4 rings (SSSR count). The predicted molar refractivity (Wildman–Crippen MR) is 97.8 cm³/mol. The van der Waals surface area contributed by atoms with E-state index in [-0.39, 0.29) is 11.8 Å². The number of carbonyl (C=O) groups excluding carboxylic acids is 2. The van der Waals surface area contributed by atoms with Crippen molar-refractivity contribution < 1.29 is 9.59 Å². The second-order valence-corrected chi connectivity index (χ2v) is 7.87. The van der Waals surface area contributed by atoms with Crippen LogP contribution in [-0.2, 0) is 28.9 Å². The second kappa shape index (κ2) is 6.96. The summed E-state index contributed by atoms with van der Waals surface area (Å²) in [6, 6.07) is 7.48. The number of aromatic nitrogens is 1. The maximum Gasteiger partial charge on any atom is 0.246 e. The Bertz CT molecular complexity index is 774. The lowest BCUT2D eigenvalue weighted by Gasteiger charge is -2.11. The van der Waals surface area contributed by atoms with Crippen LogP contribution in [0.15, 0.2) is 24.3 Å². The Balaban J connectivity index is 1.37. The molecule has 2 amide bonds. The molecule has 0 radical (unpaired) electrons. The third-order valence-electron chi connectivity index (χ3n) is 4.78. The first kappa shape index (κ1) is 16.3. The number of thiazole rings is 1. The number of amides is 2. The number of nitrogens with one attached hydrogen (secondary N) is 2. The van der Waals surface area contributed by atoms with E-state index in [0.29, 0.717) is 12.8 Å². The average molecular weight is 355 g/mol. The minimum absolute atomic E-state index is 0.0540. The molecule has 0 spiro atoms. The highest BCUT2D eigenvalue weighted by molar-refractivity contribution is 7.11. The van der Waals surface area contributed by atoms with Crippen LogP contribution in [0.4, 0.5) is 5.69 Å². The molecule has 1 aliphatic heterocycles. The van der Waals surface area contributed by atoms with Crippen molar-refractivity contribution >= 4 is 28.8 Å². The Labute approximate surface area is 150 Å². The molecule has 1 saturated heterocycles. The van der Waals surface area contributed by atoms with Crippen molar-refractivity contribution in [1.82, 2.24) is 10.3 Å². The smallest absolute Gasteiger partial charge is 0.246 e. The molecule has 6 heteroatoms. The zero-order valence-electron chi connectivity index (χ0n) is 14.0. The number of rotatable bonds is 4. The lowest BCUT2D eigenvalue weighted by Crippen LogP contribution is -2.37. The van der Waals surface area contributed by atoms with Crippen molar-refractivity contribution in [3.63, 3.8) is 0 Å². The van der Waals surface area contributed by atoms with Crippen molar-refractivity contribution in [3.05, 3.63) is 45.4 Å². The van der Waals surface area contributed by atoms with Crippen LogP contribution in [0.2, 0.25) is 0 Å². The van der Waals surface area contributed by atoms with Gasteiger partial charge in [-0.2, -0.15) is 0 Å². The second-order valence-electron chi connectivity index (χ2n) is 6.71. The molecule has 0 bridgehead atoms. The van der Waals surface area contributed by atoms with E-state index in [1.54, 1.807) is 0 Å². The Morgan fingerprint density at radius 3 is 2.72 bits per heavy atom. The van der Waals surface area contributed by atoms with Gasteiger partial charge >= 0.3 is 0 Å². The highest BCUT2D eigenvalue weighted by atomic mass is 32.1. The number of hydrogen-bond donors (Lipinski definition) is 2. The zero-order valence-corrected chi connectivity index (χ0v) is 14.8. The molecule has 1 unspecified atom stereocenters. The maximum atomic E-state index is 12.1. The summed E-state index contributed by atoms with van der Waals surface area (Å²) in [5, 5.41) is 6.73. The number of fused-ring (bicyclic) bond motifs is 1. The Morgan fingerprint density at radius 2 is 2.00 bits per heavy atom. The Morgan fingerprint density at radius 1 is 1.20 bits per heavy atom. The van der Waals surface area contributed by atoms with Crippen LogP contribution in [0.3, 0.4) is 0 Å². The fourth-order valence-corrected chi connectivity index (χ4v) is 4.59. The van der Waals surface area contributed by atoms with Gasteiger partial charge in [-0.3, -0.25) is 9.59 Å². The maximum absolute atomic E-state index is 12.1. The van der Waals surface area contributed by atoms with Gasteiger partial charge in [-0.15, -0.1) is 11.3 Å². The molecule has 2 heterocycles. The molecule has 2 aromatic rings. The molecule has 25 heavy (non-hydrogen) atoms. The van der Waals surface area contributed by atoms with E-state index in [4.69, 9.17) is 4.98 Å². The fraction of sp³-hybridized carbons (Fsp3) is 0.421. The standard InChI is InChI=1S/C19H21N3O2S/c23-17-10-9-15(21-17)19(24)20-13-7-5-12(6-8-13)11-18-22-14-3-1-2-4-16(14)25-18/h5-8,15H,1-4,9-11H2,(H,20,24)(H,21,23). The van der Waals surface area contributed by atoms with Gasteiger partial charge in [-0.25, -0.2) is 4.98 Å². The molecular weight excluding hydrogens is 334 g/mol. The van der Waals surface area contributed by atoms with E-state index in [9.17, 15) is 9.59 Å². The van der Waals surface area contributed by atoms with E-state index in [1.165, 1.54) is 40.4 Å². The summed E-state index contributed by atoms with van der Waals surface area (Å²) in [4.78, 5) is 29.6. The lowest BCUT2D eigenvalue weighted by atomic mass is 10.0. The minimum atomic E-state index is -0.409. The summed E-state index contributed by atoms with van der Waals surface area (Å²) in [5.41, 5.74) is 3.25. The highest BCUT2D eigenvalue weighted by Gasteiger charge is 2.27. The van der Waals surface area contributed by atoms with E-state index in [1.807, 2.05) is 35.6 Å². The fourth-order valence-electron chi connectivity index (χ4n) is 3.40. The average Bonchev–Trinajstić information content (AvgIpc) is 3.22. The molecule has 2 N–H and O–H groups in total. The summed E-state index contributed by atoms with van der Waals surface area (Å²) in [5.74, 6) is -0.201. The van der Waals surface area contributed by atoms with Crippen LogP contribution >= 0.6 is 11.3 Å². The lowest BCUT2D eigenvalue weighted by molar-refractivity contribution is -0.122. The zero-order chi connectivity index (χ0) is 17.2. The molecule has 0 saturated carbocycles. The SMILES string of the molecule is O=C1CCC(C(=O)Nc2ccc(Cc3nc4c(s3)CCCC4)cc2)N1. The number of nitrogens with zero attached hydrogens (tertiary/aromatic N) is 1. The van der Waals surface area contributed by atoms with Crippen LogP contribution in [0.1, 0.15) is 46.8 Å². The first-order chi connectivity index (χ1) is 12.2. The number of anilines is 1. The highest BCUT2D eigenvalue weighted by Crippen LogP contribution is 2.28. The van der Waals surface area contributed by atoms with Gasteiger partial charge in [0.2, 0.25) is 11.8 Å². The summed E-state index contributed by atoms with van der Waals surface area (Å²) in [6.45, 7) is 0. The summed E-state index contributed by atoms with van der Waals surface area (Å²) < 4.78 is 0. The molecule has 2 aliphatic rings. The monoisotopic (exact) mass is 355 g/mol. The van der Waals surface area contributed by atoms with Crippen LogP contribution in [0.25, 0.3) is 0 Å². The van der Waals surface area contributed by atoms with Gasteiger partial charge in [0, 0.05) is 23.4 Å². The van der Waals surface area contributed by atoms with Gasteiger partial charge in [0.1, 0.15) is 6.04 Å². The third kappa shape index (κ3) is 3.74. The molecule has 5 nitrogen and oxygen atoms in total. The van der Waals surface area contributed by atoms with E-state index in [0.717, 1.165) is 18.5 Å². The van der Waals surface area contributed by atoms with Crippen LogP contribution in [0, 0.1) is 0 Å².